The minimum atomic E-state index is -0.298. The molecule has 6 nitrogen and oxygen atoms in total. The van der Waals surface area contributed by atoms with Crippen LogP contribution in [-0.4, -0.2) is 42.2 Å². The zero-order valence-corrected chi connectivity index (χ0v) is 11.9. The molecule has 2 atom stereocenters. The van der Waals surface area contributed by atoms with Crippen molar-refractivity contribution in [3.63, 3.8) is 0 Å². The van der Waals surface area contributed by atoms with Gasteiger partial charge in [0.25, 0.3) is 0 Å². The Bertz CT molecular complexity index is 411. The molecular formula is C13H22N4O2. The molecule has 1 amide bonds. The van der Waals surface area contributed by atoms with Crippen LogP contribution in [0.1, 0.15) is 31.3 Å². The highest BCUT2D eigenvalue weighted by atomic mass is 16.5. The molecule has 19 heavy (non-hydrogen) atoms. The fraction of sp³-hybridized carbons (Fsp3) is 0.615. The van der Waals surface area contributed by atoms with Crippen LogP contribution in [-0.2, 0) is 9.53 Å². The van der Waals surface area contributed by atoms with Crippen LogP contribution in [0.4, 0.5) is 0 Å². The standard InChI is InChI=1S/C13H22N4O2/c1-9-12(15-6-5-14-9)10(2)17-11(3)13(18)16-7-8-19-4/h5-6,10-11,17H,7-8H2,1-4H3,(H,16,18). The van der Waals surface area contributed by atoms with Crippen molar-refractivity contribution in [1.82, 2.24) is 20.6 Å². The van der Waals surface area contributed by atoms with Gasteiger partial charge in [0.05, 0.1) is 24.0 Å². The highest BCUT2D eigenvalue weighted by Crippen LogP contribution is 2.12. The molecule has 0 bridgehead atoms. The summed E-state index contributed by atoms with van der Waals surface area (Å²) in [7, 11) is 1.60. The number of methoxy groups -OCH3 is 1. The van der Waals surface area contributed by atoms with Crippen LogP contribution >= 0.6 is 0 Å². The molecule has 0 spiro atoms. The SMILES string of the molecule is COCCNC(=O)C(C)NC(C)c1nccnc1C. The molecule has 0 aliphatic heterocycles. The fourth-order valence-corrected chi connectivity index (χ4v) is 1.80. The molecule has 0 aliphatic rings. The van der Waals surface area contributed by atoms with Crippen molar-refractivity contribution in [2.45, 2.75) is 32.9 Å². The second-order valence-electron chi connectivity index (χ2n) is 4.42. The van der Waals surface area contributed by atoms with E-state index in [0.717, 1.165) is 11.4 Å². The Hall–Kier alpha value is -1.53. The number of aryl methyl sites for hydroxylation is 1. The van der Waals surface area contributed by atoms with E-state index in [1.54, 1.807) is 19.5 Å². The molecule has 106 valence electrons. The van der Waals surface area contributed by atoms with Gasteiger partial charge in [0.1, 0.15) is 0 Å². The second kappa shape index (κ2) is 7.81. The van der Waals surface area contributed by atoms with Crippen molar-refractivity contribution >= 4 is 5.91 Å². The summed E-state index contributed by atoms with van der Waals surface area (Å²) >= 11 is 0. The lowest BCUT2D eigenvalue weighted by Crippen LogP contribution is -2.44. The van der Waals surface area contributed by atoms with E-state index in [-0.39, 0.29) is 18.0 Å². The first kappa shape index (κ1) is 15.5. The lowest BCUT2D eigenvalue weighted by atomic mass is 10.1. The van der Waals surface area contributed by atoms with Gasteiger partial charge in [-0.05, 0) is 20.8 Å². The Kier molecular flexibility index (Phi) is 6.38. The largest absolute Gasteiger partial charge is 0.383 e. The molecule has 0 radical (unpaired) electrons. The second-order valence-corrected chi connectivity index (χ2v) is 4.42. The first-order valence-corrected chi connectivity index (χ1v) is 6.36. The number of nitrogens with zero attached hydrogens (tertiary/aromatic N) is 2. The third kappa shape index (κ3) is 4.92. The Morgan fingerprint density at radius 3 is 2.68 bits per heavy atom. The third-order valence-corrected chi connectivity index (χ3v) is 2.83. The van der Waals surface area contributed by atoms with Gasteiger partial charge in [-0.2, -0.15) is 0 Å². The maximum Gasteiger partial charge on any atom is 0.236 e. The van der Waals surface area contributed by atoms with Gasteiger partial charge >= 0.3 is 0 Å². The molecule has 6 heteroatoms. The topological polar surface area (TPSA) is 76.1 Å². The van der Waals surface area contributed by atoms with E-state index in [1.807, 2.05) is 20.8 Å². The Labute approximate surface area is 114 Å². The van der Waals surface area contributed by atoms with Crippen molar-refractivity contribution < 1.29 is 9.53 Å². The van der Waals surface area contributed by atoms with E-state index < -0.39 is 0 Å². The number of rotatable bonds is 7. The molecule has 1 rings (SSSR count). The Morgan fingerprint density at radius 2 is 2.05 bits per heavy atom. The summed E-state index contributed by atoms with van der Waals surface area (Å²) in [6, 6.07) is -0.329. The predicted molar refractivity (Wildman–Crippen MR) is 72.7 cm³/mol. The molecule has 0 saturated heterocycles. The summed E-state index contributed by atoms with van der Waals surface area (Å²) in [5, 5.41) is 6.00. The minimum absolute atomic E-state index is 0.0307. The monoisotopic (exact) mass is 266 g/mol. The quantitative estimate of drug-likeness (QED) is 0.706. The van der Waals surface area contributed by atoms with Gasteiger partial charge in [0.15, 0.2) is 0 Å². The number of carbonyl (C=O) groups excluding carboxylic acids is 1. The lowest BCUT2D eigenvalue weighted by molar-refractivity contribution is -0.123. The van der Waals surface area contributed by atoms with Crippen LogP contribution in [0.3, 0.4) is 0 Å². The molecule has 2 unspecified atom stereocenters. The molecule has 0 fully saturated rings. The third-order valence-electron chi connectivity index (χ3n) is 2.83. The normalized spacial score (nSPS) is 13.9. The summed E-state index contributed by atoms with van der Waals surface area (Å²) < 4.78 is 4.88. The summed E-state index contributed by atoms with van der Waals surface area (Å²) in [4.78, 5) is 20.3. The fourth-order valence-electron chi connectivity index (χ4n) is 1.80. The molecule has 1 heterocycles. The maximum absolute atomic E-state index is 11.8. The van der Waals surface area contributed by atoms with Crippen LogP contribution in [0, 0.1) is 6.92 Å². The highest BCUT2D eigenvalue weighted by Gasteiger charge is 2.17. The van der Waals surface area contributed by atoms with E-state index in [1.165, 1.54) is 0 Å². The van der Waals surface area contributed by atoms with Gasteiger partial charge in [-0.15, -0.1) is 0 Å². The number of aromatic nitrogens is 2. The van der Waals surface area contributed by atoms with E-state index >= 15 is 0 Å². The van der Waals surface area contributed by atoms with Crippen molar-refractivity contribution in [3.8, 4) is 0 Å². The van der Waals surface area contributed by atoms with Crippen molar-refractivity contribution in [2.75, 3.05) is 20.3 Å². The zero-order chi connectivity index (χ0) is 14.3. The average molecular weight is 266 g/mol. The van der Waals surface area contributed by atoms with Crippen LogP contribution in [0.2, 0.25) is 0 Å². The molecular weight excluding hydrogens is 244 g/mol. The van der Waals surface area contributed by atoms with Crippen LogP contribution in [0.25, 0.3) is 0 Å². The average Bonchev–Trinajstić information content (AvgIpc) is 2.39. The van der Waals surface area contributed by atoms with Gasteiger partial charge in [0.2, 0.25) is 5.91 Å². The number of hydrogen-bond acceptors (Lipinski definition) is 5. The van der Waals surface area contributed by atoms with Crippen LogP contribution in [0.5, 0.6) is 0 Å². The number of hydrogen-bond donors (Lipinski definition) is 2. The van der Waals surface area contributed by atoms with Gasteiger partial charge in [-0.25, -0.2) is 0 Å². The molecule has 1 aromatic rings. The molecule has 0 aromatic carbocycles. The van der Waals surface area contributed by atoms with Crippen molar-refractivity contribution in [1.29, 1.82) is 0 Å². The number of ether oxygens (including phenoxy) is 1. The zero-order valence-electron chi connectivity index (χ0n) is 11.9. The minimum Gasteiger partial charge on any atom is -0.383 e. The highest BCUT2D eigenvalue weighted by molar-refractivity contribution is 5.81. The smallest absolute Gasteiger partial charge is 0.236 e. The van der Waals surface area contributed by atoms with Crippen LogP contribution < -0.4 is 10.6 Å². The molecule has 2 N–H and O–H groups in total. The summed E-state index contributed by atoms with van der Waals surface area (Å²) in [6.45, 7) is 6.72. The Morgan fingerprint density at radius 1 is 1.37 bits per heavy atom. The first-order valence-electron chi connectivity index (χ1n) is 6.36. The molecule has 0 aliphatic carbocycles. The van der Waals surface area contributed by atoms with Crippen LogP contribution in [0.15, 0.2) is 12.4 Å². The van der Waals surface area contributed by atoms with E-state index in [2.05, 4.69) is 20.6 Å². The maximum atomic E-state index is 11.8. The Balaban J connectivity index is 2.50. The van der Waals surface area contributed by atoms with Gasteiger partial charge in [0, 0.05) is 32.1 Å². The first-order chi connectivity index (χ1) is 9.06. The van der Waals surface area contributed by atoms with Gasteiger partial charge in [-0.1, -0.05) is 0 Å². The van der Waals surface area contributed by atoms with Gasteiger partial charge in [-0.3, -0.25) is 20.1 Å². The summed E-state index contributed by atoms with van der Waals surface area (Å²) in [5.41, 5.74) is 1.73. The number of amides is 1. The van der Waals surface area contributed by atoms with E-state index in [0.29, 0.717) is 13.2 Å². The van der Waals surface area contributed by atoms with Crippen molar-refractivity contribution in [3.05, 3.63) is 23.8 Å². The lowest BCUT2D eigenvalue weighted by Gasteiger charge is -2.20. The molecule has 0 saturated carbocycles. The number of nitrogens with one attached hydrogen (secondary N) is 2. The molecule has 1 aromatic heterocycles. The van der Waals surface area contributed by atoms with Crippen molar-refractivity contribution in [2.24, 2.45) is 0 Å². The van der Waals surface area contributed by atoms with E-state index in [4.69, 9.17) is 4.74 Å². The summed E-state index contributed by atoms with van der Waals surface area (Å²) in [5.74, 6) is -0.0505. The predicted octanol–water partition coefficient (Wildman–Crippen LogP) is 0.587. The number of carbonyl (C=O) groups is 1. The van der Waals surface area contributed by atoms with E-state index in [9.17, 15) is 4.79 Å². The summed E-state index contributed by atoms with van der Waals surface area (Å²) in [6.07, 6.45) is 3.32. The van der Waals surface area contributed by atoms with Gasteiger partial charge < -0.3 is 10.1 Å².